The van der Waals surface area contributed by atoms with E-state index >= 15 is 0 Å². The quantitative estimate of drug-likeness (QED) is 0.642. The van der Waals surface area contributed by atoms with Crippen molar-refractivity contribution in [2.45, 2.75) is 18.9 Å². The summed E-state index contributed by atoms with van der Waals surface area (Å²) in [5.74, 6) is 4.30. The molecule has 0 aromatic heterocycles. The second kappa shape index (κ2) is 6.41. The maximum absolute atomic E-state index is 13.2. The average Bonchev–Trinajstić information content (AvgIpc) is 2.39. The predicted molar refractivity (Wildman–Crippen MR) is 71.2 cm³/mol. The van der Waals surface area contributed by atoms with Crippen LogP contribution in [0.2, 0.25) is 0 Å². The van der Waals surface area contributed by atoms with Gasteiger partial charge in [0.15, 0.2) is 0 Å². The first-order chi connectivity index (χ1) is 9.19. The molecule has 2 nitrogen and oxygen atoms in total. The lowest BCUT2D eigenvalue weighted by Crippen LogP contribution is -2.28. The molecule has 0 amide bonds. The van der Waals surface area contributed by atoms with Gasteiger partial charge in [0.1, 0.15) is 11.6 Å². The molecule has 0 bridgehead atoms. The van der Waals surface area contributed by atoms with E-state index in [-0.39, 0.29) is 6.04 Å². The molecule has 0 aliphatic heterocycles. The van der Waals surface area contributed by atoms with Crippen molar-refractivity contribution in [2.75, 3.05) is 0 Å². The van der Waals surface area contributed by atoms with E-state index in [1.807, 2.05) is 30.3 Å². The Bertz CT molecular complexity index is 509. The summed E-state index contributed by atoms with van der Waals surface area (Å²) in [6, 6.07) is 13.1. The predicted octanol–water partition coefficient (Wildman–Crippen LogP) is 3.10. The fraction of sp³-hybridized carbons (Fsp3) is 0.200. The number of hydrazine groups is 1. The van der Waals surface area contributed by atoms with Gasteiger partial charge in [-0.1, -0.05) is 30.3 Å². The zero-order chi connectivity index (χ0) is 13.7. The number of rotatable bonds is 5. The molecule has 0 saturated carbocycles. The normalized spacial score (nSPS) is 12.4. The van der Waals surface area contributed by atoms with Gasteiger partial charge in [-0.2, -0.15) is 0 Å². The first-order valence-electron chi connectivity index (χ1n) is 6.15. The SMILES string of the molecule is NNC(CCc1ccccc1)c1cc(F)cc(F)c1. The van der Waals surface area contributed by atoms with Crippen LogP contribution in [0.4, 0.5) is 8.78 Å². The van der Waals surface area contributed by atoms with Crippen LogP contribution in [0.1, 0.15) is 23.6 Å². The first-order valence-corrected chi connectivity index (χ1v) is 6.15. The molecular formula is C15H16F2N2. The van der Waals surface area contributed by atoms with Gasteiger partial charge < -0.3 is 0 Å². The number of hydrogen-bond donors (Lipinski definition) is 2. The molecular weight excluding hydrogens is 246 g/mol. The third-order valence-electron chi connectivity index (χ3n) is 3.05. The lowest BCUT2D eigenvalue weighted by Gasteiger charge is -2.16. The summed E-state index contributed by atoms with van der Waals surface area (Å²) in [6.45, 7) is 0. The molecule has 1 unspecified atom stereocenters. The van der Waals surface area contributed by atoms with Gasteiger partial charge in [0.25, 0.3) is 0 Å². The van der Waals surface area contributed by atoms with Gasteiger partial charge in [0.05, 0.1) is 0 Å². The van der Waals surface area contributed by atoms with Crippen LogP contribution in [0.3, 0.4) is 0 Å². The number of nitrogens with two attached hydrogens (primary N) is 1. The van der Waals surface area contributed by atoms with Crippen molar-refractivity contribution in [1.29, 1.82) is 0 Å². The molecule has 0 fully saturated rings. The Morgan fingerprint density at radius 2 is 1.63 bits per heavy atom. The van der Waals surface area contributed by atoms with E-state index in [0.717, 1.165) is 12.5 Å². The second-order valence-corrected chi connectivity index (χ2v) is 4.45. The van der Waals surface area contributed by atoms with E-state index in [4.69, 9.17) is 5.84 Å². The molecule has 0 aliphatic rings. The van der Waals surface area contributed by atoms with Crippen LogP contribution in [-0.2, 0) is 6.42 Å². The Morgan fingerprint density at radius 1 is 1.00 bits per heavy atom. The average molecular weight is 262 g/mol. The van der Waals surface area contributed by atoms with Gasteiger partial charge in [-0.05, 0) is 36.1 Å². The van der Waals surface area contributed by atoms with E-state index in [9.17, 15) is 8.78 Å². The Kier molecular flexibility index (Phi) is 4.60. The summed E-state index contributed by atoms with van der Waals surface area (Å²) in [6.07, 6.45) is 1.46. The van der Waals surface area contributed by atoms with Crippen LogP contribution >= 0.6 is 0 Å². The summed E-state index contributed by atoms with van der Waals surface area (Å²) < 4.78 is 26.4. The van der Waals surface area contributed by atoms with Crippen LogP contribution in [-0.4, -0.2) is 0 Å². The fourth-order valence-electron chi connectivity index (χ4n) is 2.08. The molecule has 0 saturated heterocycles. The van der Waals surface area contributed by atoms with Crippen molar-refractivity contribution < 1.29 is 8.78 Å². The number of hydrogen-bond acceptors (Lipinski definition) is 2. The minimum Gasteiger partial charge on any atom is -0.271 e. The van der Waals surface area contributed by atoms with Gasteiger partial charge in [0.2, 0.25) is 0 Å². The van der Waals surface area contributed by atoms with Crippen molar-refractivity contribution in [3.05, 3.63) is 71.3 Å². The standard InChI is InChI=1S/C15H16F2N2/c16-13-8-12(9-14(17)10-13)15(19-18)7-6-11-4-2-1-3-5-11/h1-5,8-10,15,19H,6-7,18H2. The minimum atomic E-state index is -0.588. The zero-order valence-corrected chi connectivity index (χ0v) is 10.4. The third kappa shape index (κ3) is 3.84. The third-order valence-corrected chi connectivity index (χ3v) is 3.05. The maximum atomic E-state index is 13.2. The highest BCUT2D eigenvalue weighted by Gasteiger charge is 2.12. The molecule has 2 rings (SSSR count). The monoisotopic (exact) mass is 262 g/mol. The van der Waals surface area contributed by atoms with Crippen LogP contribution in [0, 0.1) is 11.6 Å². The van der Waals surface area contributed by atoms with Crippen LogP contribution in [0.25, 0.3) is 0 Å². The second-order valence-electron chi connectivity index (χ2n) is 4.45. The largest absolute Gasteiger partial charge is 0.271 e. The van der Waals surface area contributed by atoms with Gasteiger partial charge >= 0.3 is 0 Å². The van der Waals surface area contributed by atoms with Crippen molar-refractivity contribution in [3.63, 3.8) is 0 Å². The van der Waals surface area contributed by atoms with Gasteiger partial charge in [-0.15, -0.1) is 0 Å². The highest BCUT2D eigenvalue weighted by atomic mass is 19.1. The fourth-order valence-corrected chi connectivity index (χ4v) is 2.08. The van der Waals surface area contributed by atoms with E-state index in [1.54, 1.807) is 0 Å². The molecule has 0 radical (unpaired) electrons. The molecule has 0 spiro atoms. The molecule has 2 aromatic carbocycles. The Morgan fingerprint density at radius 3 is 2.21 bits per heavy atom. The van der Waals surface area contributed by atoms with Gasteiger partial charge in [0, 0.05) is 12.1 Å². The number of benzene rings is 2. The Labute approximate surface area is 111 Å². The summed E-state index contributed by atoms with van der Waals surface area (Å²) in [5.41, 5.74) is 4.30. The van der Waals surface area contributed by atoms with Crippen LogP contribution in [0.5, 0.6) is 0 Å². The van der Waals surface area contributed by atoms with Crippen molar-refractivity contribution in [2.24, 2.45) is 5.84 Å². The molecule has 4 heteroatoms. The van der Waals surface area contributed by atoms with E-state index in [2.05, 4.69) is 5.43 Å². The summed E-state index contributed by atoms with van der Waals surface area (Å²) >= 11 is 0. The van der Waals surface area contributed by atoms with Gasteiger partial charge in [-0.25, -0.2) is 8.78 Å². The number of aryl methyl sites for hydroxylation is 1. The highest BCUT2D eigenvalue weighted by Crippen LogP contribution is 2.20. The number of nitrogens with one attached hydrogen (secondary N) is 1. The summed E-state index contributed by atoms with van der Waals surface area (Å²) in [5, 5.41) is 0. The molecule has 100 valence electrons. The maximum Gasteiger partial charge on any atom is 0.126 e. The molecule has 3 N–H and O–H groups in total. The topological polar surface area (TPSA) is 38.0 Å². The summed E-state index contributed by atoms with van der Waals surface area (Å²) in [7, 11) is 0. The van der Waals surface area contributed by atoms with Crippen molar-refractivity contribution >= 4 is 0 Å². The zero-order valence-electron chi connectivity index (χ0n) is 10.4. The first kappa shape index (κ1) is 13.6. The van der Waals surface area contributed by atoms with Crippen LogP contribution < -0.4 is 11.3 Å². The lowest BCUT2D eigenvalue weighted by atomic mass is 9.99. The molecule has 2 aromatic rings. The molecule has 0 heterocycles. The Hall–Kier alpha value is -1.78. The van der Waals surface area contributed by atoms with Crippen molar-refractivity contribution in [1.82, 2.24) is 5.43 Å². The van der Waals surface area contributed by atoms with E-state index in [1.165, 1.54) is 17.7 Å². The van der Waals surface area contributed by atoms with E-state index in [0.29, 0.717) is 12.0 Å². The Balaban J connectivity index is 2.07. The highest BCUT2D eigenvalue weighted by molar-refractivity contribution is 5.22. The van der Waals surface area contributed by atoms with Crippen LogP contribution in [0.15, 0.2) is 48.5 Å². The van der Waals surface area contributed by atoms with E-state index < -0.39 is 11.6 Å². The smallest absolute Gasteiger partial charge is 0.126 e. The summed E-state index contributed by atoms with van der Waals surface area (Å²) in [4.78, 5) is 0. The number of halogens is 2. The molecule has 19 heavy (non-hydrogen) atoms. The van der Waals surface area contributed by atoms with Gasteiger partial charge in [-0.3, -0.25) is 11.3 Å². The lowest BCUT2D eigenvalue weighted by molar-refractivity contribution is 0.504. The molecule has 0 aliphatic carbocycles. The molecule has 1 atom stereocenters. The minimum absolute atomic E-state index is 0.273. The van der Waals surface area contributed by atoms with Crippen molar-refractivity contribution in [3.8, 4) is 0 Å².